The van der Waals surface area contributed by atoms with Gasteiger partial charge in [-0.2, -0.15) is 0 Å². The molecule has 2 saturated carbocycles. The molecule has 2 heterocycles. The number of carbonyl (C=O) groups is 2. The SMILES string of the molecule is CC(C)c1ccc(C23CC2CN(C(=O)C2CC4(CCC(=O)N4)C2)C3)cc1. The van der Waals surface area contributed by atoms with Crippen LogP contribution in [0.15, 0.2) is 24.3 Å². The van der Waals surface area contributed by atoms with Crippen LogP contribution in [0.4, 0.5) is 0 Å². The molecule has 2 aliphatic carbocycles. The van der Waals surface area contributed by atoms with Crippen molar-refractivity contribution in [1.82, 2.24) is 10.2 Å². The third-order valence-electron chi connectivity index (χ3n) is 7.47. The van der Waals surface area contributed by atoms with E-state index in [4.69, 9.17) is 0 Å². The molecule has 4 nitrogen and oxygen atoms in total. The molecule has 0 radical (unpaired) electrons. The summed E-state index contributed by atoms with van der Waals surface area (Å²) in [6.07, 6.45) is 4.44. The van der Waals surface area contributed by atoms with Crippen LogP contribution in [0.2, 0.25) is 0 Å². The number of nitrogens with one attached hydrogen (secondary N) is 1. The second kappa shape index (κ2) is 5.34. The standard InChI is InChI=1S/C22H28N2O2/c1-14(2)15-3-5-17(6-4-15)22-11-18(22)12-24(13-22)20(26)16-9-21(10-16)8-7-19(25)23-21/h3-6,14,16,18H,7-13H2,1-2H3,(H,23,25). The second-order valence-corrected chi connectivity index (χ2v) is 9.49. The lowest BCUT2D eigenvalue weighted by molar-refractivity contribution is -0.141. The predicted octanol–water partition coefficient (Wildman–Crippen LogP) is 2.97. The third kappa shape index (κ3) is 2.34. The maximum absolute atomic E-state index is 12.9. The van der Waals surface area contributed by atoms with E-state index in [-0.39, 0.29) is 22.8 Å². The summed E-state index contributed by atoms with van der Waals surface area (Å²) < 4.78 is 0. The fraction of sp³-hybridized carbons (Fsp3) is 0.636. The first-order valence-corrected chi connectivity index (χ1v) is 10.1. The first kappa shape index (κ1) is 16.3. The summed E-state index contributed by atoms with van der Waals surface area (Å²) in [5.41, 5.74) is 2.96. The molecule has 0 bridgehead atoms. The Kier molecular flexibility index (Phi) is 3.35. The summed E-state index contributed by atoms with van der Waals surface area (Å²) in [4.78, 5) is 26.5. The van der Waals surface area contributed by atoms with Crippen LogP contribution in [-0.4, -0.2) is 35.3 Å². The molecule has 4 fully saturated rings. The lowest BCUT2D eigenvalue weighted by Gasteiger charge is -2.45. The number of benzene rings is 1. The summed E-state index contributed by atoms with van der Waals surface area (Å²) in [6.45, 7) is 6.25. The zero-order valence-electron chi connectivity index (χ0n) is 15.8. The van der Waals surface area contributed by atoms with E-state index in [9.17, 15) is 9.59 Å². The highest BCUT2D eigenvalue weighted by molar-refractivity contribution is 5.84. The van der Waals surface area contributed by atoms with Crippen LogP contribution in [-0.2, 0) is 15.0 Å². The number of hydrogen-bond acceptors (Lipinski definition) is 2. The third-order valence-corrected chi connectivity index (χ3v) is 7.47. The smallest absolute Gasteiger partial charge is 0.225 e. The first-order valence-electron chi connectivity index (χ1n) is 10.1. The summed E-state index contributed by atoms with van der Waals surface area (Å²) in [5.74, 6) is 1.78. The van der Waals surface area contributed by atoms with Crippen molar-refractivity contribution >= 4 is 11.8 Å². The van der Waals surface area contributed by atoms with Gasteiger partial charge >= 0.3 is 0 Å². The fourth-order valence-electron chi connectivity index (χ4n) is 5.69. The molecule has 2 amide bonds. The first-order chi connectivity index (χ1) is 12.4. The number of fused-ring (bicyclic) bond motifs is 1. The summed E-state index contributed by atoms with van der Waals surface area (Å²) >= 11 is 0. The Morgan fingerprint density at radius 3 is 2.54 bits per heavy atom. The van der Waals surface area contributed by atoms with Crippen molar-refractivity contribution in [3.05, 3.63) is 35.4 Å². The van der Waals surface area contributed by atoms with Crippen molar-refractivity contribution in [2.24, 2.45) is 11.8 Å². The van der Waals surface area contributed by atoms with E-state index in [0.29, 0.717) is 24.2 Å². The van der Waals surface area contributed by atoms with Crippen molar-refractivity contribution < 1.29 is 9.59 Å². The van der Waals surface area contributed by atoms with E-state index < -0.39 is 0 Å². The molecule has 2 atom stereocenters. The Morgan fingerprint density at radius 2 is 1.92 bits per heavy atom. The summed E-state index contributed by atoms with van der Waals surface area (Å²) in [7, 11) is 0. The normalized spacial score (nSPS) is 37.7. The van der Waals surface area contributed by atoms with Crippen molar-refractivity contribution in [3.8, 4) is 0 Å². The van der Waals surface area contributed by atoms with Crippen molar-refractivity contribution in [2.45, 2.75) is 62.8 Å². The van der Waals surface area contributed by atoms with Crippen LogP contribution in [0.3, 0.4) is 0 Å². The lowest BCUT2D eigenvalue weighted by atomic mass is 9.67. The molecule has 1 aromatic carbocycles. The van der Waals surface area contributed by atoms with Gasteiger partial charge in [0.2, 0.25) is 11.8 Å². The molecule has 26 heavy (non-hydrogen) atoms. The van der Waals surface area contributed by atoms with Crippen LogP contribution in [0.25, 0.3) is 0 Å². The molecule has 0 aromatic heterocycles. The Balaban J connectivity index is 1.24. The number of hydrogen-bond donors (Lipinski definition) is 1. The van der Waals surface area contributed by atoms with Crippen LogP contribution < -0.4 is 5.32 Å². The Morgan fingerprint density at radius 1 is 1.19 bits per heavy atom. The molecular formula is C22H28N2O2. The van der Waals surface area contributed by atoms with Gasteiger partial charge in [0.15, 0.2) is 0 Å². The molecule has 1 spiro atoms. The molecule has 1 N–H and O–H groups in total. The number of carbonyl (C=O) groups excluding carboxylic acids is 2. The molecule has 4 heteroatoms. The predicted molar refractivity (Wildman–Crippen MR) is 99.7 cm³/mol. The Bertz CT molecular complexity index is 763. The Labute approximate surface area is 155 Å². The van der Waals surface area contributed by atoms with Crippen LogP contribution in [0.5, 0.6) is 0 Å². The van der Waals surface area contributed by atoms with Gasteiger partial charge in [0, 0.05) is 36.4 Å². The highest BCUT2D eigenvalue weighted by atomic mass is 16.2. The number of amides is 2. The van der Waals surface area contributed by atoms with Gasteiger partial charge in [0.25, 0.3) is 0 Å². The van der Waals surface area contributed by atoms with Crippen molar-refractivity contribution in [2.75, 3.05) is 13.1 Å². The molecular weight excluding hydrogens is 324 g/mol. The minimum absolute atomic E-state index is 0.0512. The van der Waals surface area contributed by atoms with Crippen molar-refractivity contribution in [1.29, 1.82) is 0 Å². The van der Waals surface area contributed by atoms with Crippen LogP contribution in [0, 0.1) is 11.8 Å². The quantitative estimate of drug-likeness (QED) is 0.909. The average molecular weight is 352 g/mol. The maximum Gasteiger partial charge on any atom is 0.225 e. The van der Waals surface area contributed by atoms with E-state index >= 15 is 0 Å². The molecule has 2 aliphatic heterocycles. The van der Waals surface area contributed by atoms with Gasteiger partial charge in [-0.25, -0.2) is 0 Å². The van der Waals surface area contributed by atoms with Gasteiger partial charge in [0.05, 0.1) is 0 Å². The van der Waals surface area contributed by atoms with Gasteiger partial charge in [-0.3, -0.25) is 9.59 Å². The molecule has 2 unspecified atom stereocenters. The van der Waals surface area contributed by atoms with Gasteiger partial charge in [-0.05, 0) is 48.6 Å². The minimum atomic E-state index is -0.0512. The average Bonchev–Trinajstić information content (AvgIpc) is 2.96. The monoisotopic (exact) mass is 352 g/mol. The zero-order valence-corrected chi connectivity index (χ0v) is 15.8. The maximum atomic E-state index is 12.9. The summed E-state index contributed by atoms with van der Waals surface area (Å²) in [6, 6.07) is 9.09. The molecule has 5 rings (SSSR count). The topological polar surface area (TPSA) is 49.4 Å². The fourth-order valence-corrected chi connectivity index (χ4v) is 5.69. The van der Waals surface area contributed by atoms with Gasteiger partial charge < -0.3 is 10.2 Å². The van der Waals surface area contributed by atoms with E-state index in [1.54, 1.807) is 0 Å². The number of likely N-dealkylation sites (tertiary alicyclic amines) is 1. The largest absolute Gasteiger partial charge is 0.351 e. The highest BCUT2D eigenvalue weighted by Gasteiger charge is 2.62. The summed E-state index contributed by atoms with van der Waals surface area (Å²) in [5, 5.41) is 3.10. The highest BCUT2D eigenvalue weighted by Crippen LogP contribution is 2.59. The minimum Gasteiger partial charge on any atom is -0.351 e. The van der Waals surface area contributed by atoms with E-state index in [1.165, 1.54) is 17.5 Å². The van der Waals surface area contributed by atoms with Crippen molar-refractivity contribution in [3.63, 3.8) is 0 Å². The van der Waals surface area contributed by atoms with Crippen LogP contribution in [0.1, 0.15) is 63.0 Å². The van der Waals surface area contributed by atoms with Gasteiger partial charge in [-0.1, -0.05) is 38.1 Å². The van der Waals surface area contributed by atoms with Crippen LogP contribution >= 0.6 is 0 Å². The lowest BCUT2D eigenvalue weighted by Crippen LogP contribution is -2.56. The van der Waals surface area contributed by atoms with Gasteiger partial charge in [0.1, 0.15) is 0 Å². The second-order valence-electron chi connectivity index (χ2n) is 9.49. The molecule has 2 saturated heterocycles. The molecule has 138 valence electrons. The van der Waals surface area contributed by atoms with E-state index in [1.807, 2.05) is 0 Å². The number of piperidine rings is 1. The number of nitrogens with zero attached hydrogens (tertiary/aromatic N) is 1. The van der Waals surface area contributed by atoms with E-state index in [2.05, 4.69) is 48.3 Å². The zero-order chi connectivity index (χ0) is 18.1. The molecule has 4 aliphatic rings. The Hall–Kier alpha value is -1.84. The molecule has 1 aromatic rings. The van der Waals surface area contributed by atoms with E-state index in [0.717, 1.165) is 32.4 Å². The van der Waals surface area contributed by atoms with Gasteiger partial charge in [-0.15, -0.1) is 0 Å². The number of rotatable bonds is 3.